The standard InChI is InChI=1S/C23H24N2O2/c1-15(2)25(16(3)4)23(27)20-13-22(18-8-6-5-7-9-18)24-21-11-10-17(14-26)12-19(20)21/h5-16H,1-4H3. The van der Waals surface area contributed by atoms with E-state index in [9.17, 15) is 9.59 Å². The maximum absolute atomic E-state index is 13.4. The molecule has 0 saturated carbocycles. The number of hydrogen-bond donors (Lipinski definition) is 0. The van der Waals surface area contributed by atoms with E-state index in [1.54, 1.807) is 18.2 Å². The highest BCUT2D eigenvalue weighted by Crippen LogP contribution is 2.27. The third kappa shape index (κ3) is 3.75. The lowest BCUT2D eigenvalue weighted by atomic mass is 10.0. The quantitative estimate of drug-likeness (QED) is 0.603. The van der Waals surface area contributed by atoms with Gasteiger partial charge in [0.25, 0.3) is 5.91 Å². The van der Waals surface area contributed by atoms with Crippen LogP contribution < -0.4 is 0 Å². The zero-order valence-corrected chi connectivity index (χ0v) is 16.1. The molecule has 2 aromatic carbocycles. The minimum absolute atomic E-state index is 0.0485. The van der Waals surface area contributed by atoms with Crippen LogP contribution in [0, 0.1) is 0 Å². The van der Waals surface area contributed by atoms with Gasteiger partial charge in [-0.15, -0.1) is 0 Å². The van der Waals surface area contributed by atoms with Gasteiger partial charge in [0, 0.05) is 28.6 Å². The van der Waals surface area contributed by atoms with Crippen molar-refractivity contribution in [2.24, 2.45) is 0 Å². The van der Waals surface area contributed by atoms with Crippen LogP contribution in [0.1, 0.15) is 48.4 Å². The zero-order valence-electron chi connectivity index (χ0n) is 16.1. The summed E-state index contributed by atoms with van der Waals surface area (Å²) in [7, 11) is 0. The van der Waals surface area contributed by atoms with E-state index in [1.807, 2.05) is 69.0 Å². The molecule has 0 aliphatic carbocycles. The molecule has 138 valence electrons. The molecule has 0 saturated heterocycles. The molecule has 0 unspecified atom stereocenters. The molecule has 4 heteroatoms. The lowest BCUT2D eigenvalue weighted by Gasteiger charge is -2.31. The van der Waals surface area contributed by atoms with E-state index in [0.29, 0.717) is 22.0 Å². The Morgan fingerprint density at radius 3 is 2.22 bits per heavy atom. The predicted octanol–water partition coefficient (Wildman–Crippen LogP) is 4.97. The molecule has 0 aliphatic rings. The van der Waals surface area contributed by atoms with Gasteiger partial charge in [-0.2, -0.15) is 0 Å². The van der Waals surface area contributed by atoms with Crippen LogP contribution in [0.4, 0.5) is 0 Å². The number of hydrogen-bond acceptors (Lipinski definition) is 3. The monoisotopic (exact) mass is 360 g/mol. The third-order valence-electron chi connectivity index (χ3n) is 4.62. The highest BCUT2D eigenvalue weighted by Gasteiger charge is 2.24. The molecule has 0 radical (unpaired) electrons. The van der Waals surface area contributed by atoms with Gasteiger partial charge >= 0.3 is 0 Å². The summed E-state index contributed by atoms with van der Waals surface area (Å²) in [5.41, 5.74) is 3.51. The van der Waals surface area contributed by atoms with Crippen LogP contribution in [0.5, 0.6) is 0 Å². The Morgan fingerprint density at radius 1 is 0.963 bits per heavy atom. The van der Waals surface area contributed by atoms with Gasteiger partial charge in [-0.1, -0.05) is 30.3 Å². The summed E-state index contributed by atoms with van der Waals surface area (Å²) >= 11 is 0. The first-order valence-corrected chi connectivity index (χ1v) is 9.20. The predicted molar refractivity (Wildman–Crippen MR) is 109 cm³/mol. The summed E-state index contributed by atoms with van der Waals surface area (Å²) < 4.78 is 0. The molecule has 0 bridgehead atoms. The van der Waals surface area contributed by atoms with E-state index in [4.69, 9.17) is 4.98 Å². The molecule has 1 heterocycles. The highest BCUT2D eigenvalue weighted by atomic mass is 16.2. The first kappa shape index (κ1) is 18.8. The molecule has 1 amide bonds. The molecule has 3 aromatic rings. The van der Waals surface area contributed by atoms with Gasteiger partial charge in [-0.25, -0.2) is 4.98 Å². The van der Waals surface area contributed by atoms with E-state index in [2.05, 4.69) is 0 Å². The number of nitrogens with zero attached hydrogens (tertiary/aromatic N) is 2. The number of carbonyl (C=O) groups excluding carboxylic acids is 2. The highest BCUT2D eigenvalue weighted by molar-refractivity contribution is 6.08. The molecular weight excluding hydrogens is 336 g/mol. The Kier molecular flexibility index (Phi) is 5.36. The Morgan fingerprint density at radius 2 is 1.63 bits per heavy atom. The molecule has 0 N–H and O–H groups in total. The lowest BCUT2D eigenvalue weighted by molar-refractivity contribution is 0.0645. The summed E-state index contributed by atoms with van der Waals surface area (Å²) in [5, 5.41) is 0.704. The molecule has 0 fully saturated rings. The fourth-order valence-electron chi connectivity index (χ4n) is 3.45. The van der Waals surface area contributed by atoms with Gasteiger partial charge in [0.15, 0.2) is 0 Å². The molecule has 3 rings (SSSR count). The number of carbonyl (C=O) groups is 2. The summed E-state index contributed by atoms with van der Waals surface area (Å²) in [6.45, 7) is 8.04. The first-order valence-electron chi connectivity index (χ1n) is 9.20. The second-order valence-corrected chi connectivity index (χ2v) is 7.22. The van der Waals surface area contributed by atoms with Crippen molar-refractivity contribution in [3.8, 4) is 11.3 Å². The Balaban J connectivity index is 2.27. The van der Waals surface area contributed by atoms with Gasteiger partial charge in [0.1, 0.15) is 6.29 Å². The summed E-state index contributed by atoms with van der Waals surface area (Å²) in [6, 6.07) is 17.1. The van der Waals surface area contributed by atoms with Crippen LogP contribution >= 0.6 is 0 Å². The van der Waals surface area contributed by atoms with Gasteiger partial charge in [0.05, 0.1) is 16.8 Å². The molecule has 0 atom stereocenters. The SMILES string of the molecule is CC(C)N(C(=O)c1cc(-c2ccccc2)nc2ccc(C=O)cc12)C(C)C. The molecular formula is C23H24N2O2. The molecule has 27 heavy (non-hydrogen) atoms. The number of aldehydes is 1. The van der Waals surface area contributed by atoms with Crippen molar-refractivity contribution in [3.05, 3.63) is 65.7 Å². The van der Waals surface area contributed by atoms with Crippen molar-refractivity contribution in [2.75, 3.05) is 0 Å². The number of fused-ring (bicyclic) bond motifs is 1. The fraction of sp³-hybridized carbons (Fsp3) is 0.261. The Bertz CT molecular complexity index is 970. The summed E-state index contributed by atoms with van der Waals surface area (Å²) in [6.07, 6.45) is 0.793. The molecule has 4 nitrogen and oxygen atoms in total. The van der Waals surface area contributed by atoms with Crippen molar-refractivity contribution in [1.29, 1.82) is 0 Å². The Hall–Kier alpha value is -3.01. The van der Waals surface area contributed by atoms with Gasteiger partial charge in [0.2, 0.25) is 0 Å². The smallest absolute Gasteiger partial charge is 0.255 e. The second-order valence-electron chi connectivity index (χ2n) is 7.22. The largest absolute Gasteiger partial charge is 0.334 e. The number of pyridine rings is 1. The topological polar surface area (TPSA) is 50.3 Å². The molecule has 0 aliphatic heterocycles. The fourth-order valence-corrected chi connectivity index (χ4v) is 3.45. The van der Waals surface area contributed by atoms with Gasteiger partial charge in [-0.05, 0) is 52.0 Å². The van der Waals surface area contributed by atoms with Crippen LogP contribution in [0.2, 0.25) is 0 Å². The van der Waals surface area contributed by atoms with Crippen molar-refractivity contribution in [2.45, 2.75) is 39.8 Å². The zero-order chi connectivity index (χ0) is 19.6. The number of aromatic nitrogens is 1. The van der Waals surface area contributed by atoms with E-state index in [1.165, 1.54) is 0 Å². The van der Waals surface area contributed by atoms with Crippen LogP contribution in [0.3, 0.4) is 0 Å². The number of benzene rings is 2. The second kappa shape index (κ2) is 7.70. The van der Waals surface area contributed by atoms with Gasteiger partial charge in [-0.3, -0.25) is 9.59 Å². The third-order valence-corrected chi connectivity index (χ3v) is 4.62. The van der Waals surface area contributed by atoms with Crippen molar-refractivity contribution in [1.82, 2.24) is 9.88 Å². The minimum atomic E-state index is -0.0485. The maximum atomic E-state index is 13.4. The maximum Gasteiger partial charge on any atom is 0.255 e. The lowest BCUT2D eigenvalue weighted by Crippen LogP contribution is -2.42. The van der Waals surface area contributed by atoms with Crippen LogP contribution in [-0.2, 0) is 0 Å². The number of amides is 1. The van der Waals surface area contributed by atoms with Crippen molar-refractivity contribution in [3.63, 3.8) is 0 Å². The van der Waals surface area contributed by atoms with Crippen molar-refractivity contribution < 1.29 is 9.59 Å². The minimum Gasteiger partial charge on any atom is -0.334 e. The van der Waals surface area contributed by atoms with E-state index in [0.717, 1.165) is 17.5 Å². The average Bonchev–Trinajstić information content (AvgIpc) is 2.66. The van der Waals surface area contributed by atoms with Crippen LogP contribution in [0.15, 0.2) is 54.6 Å². The molecule has 0 spiro atoms. The van der Waals surface area contributed by atoms with Gasteiger partial charge < -0.3 is 4.90 Å². The van der Waals surface area contributed by atoms with Crippen molar-refractivity contribution >= 4 is 23.1 Å². The Labute approximate surface area is 159 Å². The van der Waals surface area contributed by atoms with E-state index >= 15 is 0 Å². The first-order chi connectivity index (χ1) is 12.9. The van der Waals surface area contributed by atoms with Crippen LogP contribution in [-0.4, -0.2) is 34.2 Å². The summed E-state index contributed by atoms with van der Waals surface area (Å²) in [5.74, 6) is -0.0485. The van der Waals surface area contributed by atoms with E-state index < -0.39 is 0 Å². The average molecular weight is 360 g/mol. The normalized spacial score (nSPS) is 11.2. The summed E-state index contributed by atoms with van der Waals surface area (Å²) in [4.78, 5) is 31.3. The number of rotatable bonds is 5. The van der Waals surface area contributed by atoms with E-state index in [-0.39, 0.29) is 18.0 Å². The molecule has 1 aromatic heterocycles. The van der Waals surface area contributed by atoms with Crippen LogP contribution in [0.25, 0.3) is 22.2 Å².